The molecule has 8 heteroatoms. The molecule has 0 aromatic carbocycles. The van der Waals surface area contributed by atoms with Crippen LogP contribution in [-0.4, -0.2) is 36.4 Å². The molecule has 3 nitrogen and oxygen atoms in total. The Morgan fingerprint density at radius 3 is 2.85 bits per heavy atom. The van der Waals surface area contributed by atoms with E-state index in [1.165, 1.54) is 0 Å². The average molecular weight is 326 g/mol. The maximum Gasteiger partial charge on any atom is 0.417 e. The van der Waals surface area contributed by atoms with Crippen LogP contribution < -0.4 is 10.6 Å². The summed E-state index contributed by atoms with van der Waals surface area (Å²) >= 11 is 7.40. The van der Waals surface area contributed by atoms with E-state index in [1.807, 2.05) is 0 Å². The molecule has 1 aliphatic heterocycles. The first kappa shape index (κ1) is 15.9. The van der Waals surface area contributed by atoms with Gasteiger partial charge in [0, 0.05) is 43.4 Å². The predicted molar refractivity (Wildman–Crippen MR) is 75.1 cm³/mol. The first-order valence-corrected chi connectivity index (χ1v) is 7.73. The maximum absolute atomic E-state index is 12.6. The first-order valence-electron chi connectivity index (χ1n) is 6.20. The van der Waals surface area contributed by atoms with E-state index in [1.54, 1.807) is 11.8 Å². The van der Waals surface area contributed by atoms with Crippen LogP contribution >= 0.6 is 23.4 Å². The van der Waals surface area contributed by atoms with Crippen molar-refractivity contribution in [3.63, 3.8) is 0 Å². The van der Waals surface area contributed by atoms with Crippen molar-refractivity contribution in [1.82, 2.24) is 15.6 Å². The number of rotatable bonds is 4. The Bertz CT molecular complexity index is 450. The normalized spacial score (nSPS) is 20.1. The Hall–Kier alpha value is -0.500. The third kappa shape index (κ3) is 4.51. The van der Waals surface area contributed by atoms with E-state index >= 15 is 0 Å². The van der Waals surface area contributed by atoms with Crippen LogP contribution in [0.25, 0.3) is 0 Å². The molecule has 0 saturated carbocycles. The minimum absolute atomic E-state index is 0.139. The molecule has 0 bridgehead atoms. The van der Waals surface area contributed by atoms with Crippen LogP contribution in [0, 0.1) is 0 Å². The number of hydrogen-bond acceptors (Lipinski definition) is 4. The van der Waals surface area contributed by atoms with Gasteiger partial charge in [-0.2, -0.15) is 24.9 Å². The van der Waals surface area contributed by atoms with Crippen LogP contribution in [-0.2, 0) is 11.9 Å². The number of thioether (sulfide) groups is 1. The Labute approximate surface area is 124 Å². The van der Waals surface area contributed by atoms with E-state index in [-0.39, 0.29) is 5.15 Å². The van der Waals surface area contributed by atoms with Gasteiger partial charge in [-0.1, -0.05) is 11.6 Å². The van der Waals surface area contributed by atoms with E-state index in [4.69, 9.17) is 11.6 Å². The highest BCUT2D eigenvalue weighted by Crippen LogP contribution is 2.31. The molecule has 1 aliphatic rings. The summed E-state index contributed by atoms with van der Waals surface area (Å²) in [6, 6.07) is 1.42. The van der Waals surface area contributed by atoms with Crippen LogP contribution in [0.5, 0.6) is 0 Å². The summed E-state index contributed by atoms with van der Waals surface area (Å²) in [5.41, 5.74) is -0.329. The van der Waals surface area contributed by atoms with Gasteiger partial charge >= 0.3 is 6.18 Å². The van der Waals surface area contributed by atoms with Gasteiger partial charge in [-0.3, -0.25) is 0 Å². The van der Waals surface area contributed by atoms with E-state index < -0.39 is 11.7 Å². The van der Waals surface area contributed by atoms with Gasteiger partial charge in [-0.15, -0.1) is 0 Å². The molecule has 2 heterocycles. The van der Waals surface area contributed by atoms with Crippen molar-refractivity contribution in [2.75, 3.05) is 25.4 Å². The van der Waals surface area contributed by atoms with Crippen molar-refractivity contribution in [3.8, 4) is 0 Å². The molecule has 2 N–H and O–H groups in total. The van der Waals surface area contributed by atoms with Gasteiger partial charge in [0.1, 0.15) is 5.15 Å². The van der Waals surface area contributed by atoms with Crippen LogP contribution in [0.4, 0.5) is 13.2 Å². The molecule has 0 radical (unpaired) electrons. The van der Waals surface area contributed by atoms with Crippen LogP contribution in [0.15, 0.2) is 12.3 Å². The third-order valence-corrected chi connectivity index (χ3v) is 4.43. The van der Waals surface area contributed by atoms with E-state index in [9.17, 15) is 13.2 Å². The first-order chi connectivity index (χ1) is 9.47. The van der Waals surface area contributed by atoms with Crippen LogP contribution in [0.2, 0.25) is 5.15 Å². The van der Waals surface area contributed by atoms with Crippen LogP contribution in [0.3, 0.4) is 0 Å². The second-order valence-corrected chi connectivity index (χ2v) is 5.93. The lowest BCUT2D eigenvalue weighted by molar-refractivity contribution is -0.137. The molecule has 2 rings (SSSR count). The second kappa shape index (κ2) is 6.98. The molecule has 20 heavy (non-hydrogen) atoms. The zero-order valence-electron chi connectivity index (χ0n) is 10.6. The molecular weight excluding hydrogens is 311 g/mol. The Balaban J connectivity index is 1.91. The van der Waals surface area contributed by atoms with Crippen molar-refractivity contribution in [2.24, 2.45) is 0 Å². The topological polar surface area (TPSA) is 37.0 Å². The lowest BCUT2D eigenvalue weighted by Crippen LogP contribution is -2.49. The number of halogens is 4. The lowest BCUT2D eigenvalue weighted by atomic mass is 10.2. The molecule has 1 aromatic rings. The maximum atomic E-state index is 12.6. The van der Waals surface area contributed by atoms with Gasteiger partial charge < -0.3 is 10.6 Å². The summed E-state index contributed by atoms with van der Waals surface area (Å²) in [6.45, 7) is 2.74. The van der Waals surface area contributed by atoms with Crippen molar-refractivity contribution in [3.05, 3.63) is 28.5 Å². The predicted octanol–water partition coefficient (Wildman–Crippen LogP) is 2.55. The van der Waals surface area contributed by atoms with Crippen molar-refractivity contribution in [2.45, 2.75) is 18.0 Å². The molecule has 1 saturated heterocycles. The zero-order chi connectivity index (χ0) is 14.6. The monoisotopic (exact) mass is 325 g/mol. The Kier molecular flexibility index (Phi) is 5.54. The van der Waals surface area contributed by atoms with Crippen LogP contribution in [0.1, 0.15) is 11.1 Å². The van der Waals surface area contributed by atoms with E-state index in [0.29, 0.717) is 17.4 Å². The van der Waals surface area contributed by atoms with Gasteiger partial charge in [-0.25, -0.2) is 4.98 Å². The van der Waals surface area contributed by atoms with Crippen molar-refractivity contribution < 1.29 is 13.2 Å². The minimum Gasteiger partial charge on any atom is -0.314 e. The SMILES string of the molecule is FC(F)(F)c1cnc(Cl)c(CSC[C@@H]2CNCCN2)c1. The summed E-state index contributed by atoms with van der Waals surface area (Å²) in [6.07, 6.45) is -3.62. The summed E-state index contributed by atoms with van der Waals surface area (Å²) in [7, 11) is 0. The minimum atomic E-state index is -4.38. The van der Waals surface area contributed by atoms with E-state index in [0.717, 1.165) is 37.7 Å². The molecule has 1 fully saturated rings. The number of aromatic nitrogens is 1. The number of alkyl halides is 3. The number of piperazine rings is 1. The van der Waals surface area contributed by atoms with Crippen molar-refractivity contribution in [1.29, 1.82) is 0 Å². The fraction of sp³-hybridized carbons (Fsp3) is 0.583. The third-order valence-electron chi connectivity index (χ3n) is 2.94. The fourth-order valence-electron chi connectivity index (χ4n) is 1.89. The van der Waals surface area contributed by atoms with Gasteiger partial charge in [-0.05, 0) is 11.6 Å². The smallest absolute Gasteiger partial charge is 0.314 e. The highest BCUT2D eigenvalue weighted by Gasteiger charge is 2.31. The number of nitrogens with one attached hydrogen (secondary N) is 2. The second-order valence-electron chi connectivity index (χ2n) is 4.54. The van der Waals surface area contributed by atoms with E-state index in [2.05, 4.69) is 15.6 Å². The molecule has 0 amide bonds. The number of hydrogen-bond donors (Lipinski definition) is 2. The average Bonchev–Trinajstić information content (AvgIpc) is 2.41. The van der Waals surface area contributed by atoms with Gasteiger partial charge in [0.2, 0.25) is 0 Å². The number of pyridine rings is 1. The molecule has 1 aromatic heterocycles. The molecular formula is C12H15ClF3N3S. The molecule has 112 valence electrons. The zero-order valence-corrected chi connectivity index (χ0v) is 12.2. The highest BCUT2D eigenvalue weighted by molar-refractivity contribution is 7.98. The van der Waals surface area contributed by atoms with Gasteiger partial charge in [0.25, 0.3) is 0 Å². The fourth-order valence-corrected chi connectivity index (χ4v) is 3.22. The standard InChI is InChI=1S/C12H15ClF3N3S/c13-11-8(3-9(4-19-11)12(14,15)16)6-20-7-10-5-17-1-2-18-10/h3-4,10,17-18H,1-2,5-7H2/t10-/m0/s1. The quantitative estimate of drug-likeness (QED) is 0.834. The largest absolute Gasteiger partial charge is 0.417 e. The lowest BCUT2D eigenvalue weighted by Gasteiger charge is -2.24. The summed E-state index contributed by atoms with van der Waals surface area (Å²) < 4.78 is 37.8. The van der Waals surface area contributed by atoms with Gasteiger partial charge in [0.15, 0.2) is 0 Å². The van der Waals surface area contributed by atoms with Crippen molar-refractivity contribution >= 4 is 23.4 Å². The highest BCUT2D eigenvalue weighted by atomic mass is 35.5. The summed E-state index contributed by atoms with van der Waals surface area (Å²) in [4.78, 5) is 3.62. The summed E-state index contributed by atoms with van der Waals surface area (Å²) in [5, 5.41) is 6.74. The Morgan fingerprint density at radius 1 is 1.40 bits per heavy atom. The van der Waals surface area contributed by atoms with Gasteiger partial charge in [0.05, 0.1) is 5.56 Å². The molecule has 0 aliphatic carbocycles. The molecule has 1 atom stereocenters. The Morgan fingerprint density at radius 2 is 2.20 bits per heavy atom. The number of nitrogens with zero attached hydrogens (tertiary/aromatic N) is 1. The summed E-state index contributed by atoms with van der Waals surface area (Å²) in [5.74, 6) is 1.24. The molecule has 0 spiro atoms. The molecule has 0 unspecified atom stereocenters.